The second kappa shape index (κ2) is 4.96. The second-order valence-corrected chi connectivity index (χ2v) is 3.99. The number of hydrogen-bond acceptors (Lipinski definition) is 2. The zero-order valence-corrected chi connectivity index (χ0v) is 9.53. The lowest BCUT2D eigenvalue weighted by Gasteiger charge is -2.19. The van der Waals surface area contributed by atoms with Crippen molar-refractivity contribution in [1.29, 1.82) is 0 Å². The Morgan fingerprint density at radius 1 is 1.38 bits per heavy atom. The van der Waals surface area contributed by atoms with Crippen LogP contribution in [0.1, 0.15) is 31.1 Å². The average Bonchev–Trinajstić information content (AvgIpc) is 2.16. The van der Waals surface area contributed by atoms with Gasteiger partial charge in [0.05, 0.1) is 6.10 Å². The number of rotatable bonds is 4. The molecule has 1 N–H and O–H groups in total. The number of halogens is 1. The average molecular weight is 226 g/mol. The van der Waals surface area contributed by atoms with Crippen molar-refractivity contribution in [3.63, 3.8) is 0 Å². The molecular formula is C12H15FO3. The molecular weight excluding hydrogens is 211 g/mol. The first-order valence-corrected chi connectivity index (χ1v) is 5.12. The largest absolute Gasteiger partial charge is 0.489 e. The number of carbonyl (C=O) groups is 1. The predicted octanol–water partition coefficient (Wildman–Crippen LogP) is 2.95. The smallest absolute Gasteiger partial charge is 0.342 e. The molecule has 0 amide bonds. The van der Waals surface area contributed by atoms with Gasteiger partial charge in [-0.15, -0.1) is 0 Å². The molecule has 3 nitrogen and oxygen atoms in total. The van der Waals surface area contributed by atoms with Crippen molar-refractivity contribution in [1.82, 2.24) is 0 Å². The molecule has 0 saturated heterocycles. The number of benzene rings is 1. The summed E-state index contributed by atoms with van der Waals surface area (Å²) in [5.74, 6) is -1.79. The van der Waals surface area contributed by atoms with Crippen LogP contribution < -0.4 is 4.74 Å². The maximum atomic E-state index is 13.3. The lowest BCUT2D eigenvalue weighted by atomic mass is 10.1. The summed E-state index contributed by atoms with van der Waals surface area (Å²) < 4.78 is 18.7. The van der Waals surface area contributed by atoms with Gasteiger partial charge in [-0.3, -0.25) is 0 Å². The van der Waals surface area contributed by atoms with E-state index in [1.165, 1.54) is 12.1 Å². The lowest BCUT2D eigenvalue weighted by Crippen LogP contribution is -2.20. The van der Waals surface area contributed by atoms with Gasteiger partial charge < -0.3 is 9.84 Å². The molecule has 0 aliphatic carbocycles. The van der Waals surface area contributed by atoms with Crippen LogP contribution in [0.15, 0.2) is 18.2 Å². The first kappa shape index (κ1) is 12.5. The maximum Gasteiger partial charge on any atom is 0.342 e. The molecule has 1 unspecified atom stereocenters. The Labute approximate surface area is 93.9 Å². The van der Waals surface area contributed by atoms with Crippen molar-refractivity contribution >= 4 is 5.97 Å². The molecule has 0 aromatic heterocycles. The van der Waals surface area contributed by atoms with Gasteiger partial charge in [-0.25, -0.2) is 9.18 Å². The van der Waals surface area contributed by atoms with E-state index in [4.69, 9.17) is 9.84 Å². The Balaban J connectivity index is 3.04. The summed E-state index contributed by atoms with van der Waals surface area (Å²) in [5.41, 5.74) is -0.407. The third-order valence-electron chi connectivity index (χ3n) is 2.44. The van der Waals surface area contributed by atoms with Gasteiger partial charge in [0.1, 0.15) is 17.1 Å². The molecule has 0 fully saturated rings. The van der Waals surface area contributed by atoms with Crippen molar-refractivity contribution in [3.05, 3.63) is 29.6 Å². The van der Waals surface area contributed by atoms with Crippen molar-refractivity contribution in [2.75, 3.05) is 0 Å². The van der Waals surface area contributed by atoms with Crippen LogP contribution in [-0.4, -0.2) is 17.2 Å². The second-order valence-electron chi connectivity index (χ2n) is 3.99. The summed E-state index contributed by atoms with van der Waals surface area (Å²) in [5, 5.41) is 8.88. The van der Waals surface area contributed by atoms with Gasteiger partial charge in [-0.05, 0) is 25.0 Å². The van der Waals surface area contributed by atoms with E-state index in [2.05, 4.69) is 0 Å². The van der Waals surface area contributed by atoms with Gasteiger partial charge in [0.2, 0.25) is 0 Å². The molecule has 0 spiro atoms. The molecule has 0 radical (unpaired) electrons. The van der Waals surface area contributed by atoms with E-state index in [9.17, 15) is 9.18 Å². The van der Waals surface area contributed by atoms with Crippen LogP contribution in [0.2, 0.25) is 0 Å². The highest BCUT2D eigenvalue weighted by Crippen LogP contribution is 2.23. The van der Waals surface area contributed by atoms with Crippen LogP contribution in [0.4, 0.5) is 4.39 Å². The minimum atomic E-state index is -1.32. The monoisotopic (exact) mass is 226 g/mol. The van der Waals surface area contributed by atoms with Crippen molar-refractivity contribution in [3.8, 4) is 5.75 Å². The van der Waals surface area contributed by atoms with Gasteiger partial charge in [0.15, 0.2) is 0 Å². The fraction of sp³-hybridized carbons (Fsp3) is 0.417. The van der Waals surface area contributed by atoms with E-state index in [0.717, 1.165) is 6.07 Å². The van der Waals surface area contributed by atoms with Crippen LogP contribution in [0.25, 0.3) is 0 Å². The Kier molecular flexibility index (Phi) is 3.88. The molecule has 0 bridgehead atoms. The van der Waals surface area contributed by atoms with E-state index < -0.39 is 17.3 Å². The predicted molar refractivity (Wildman–Crippen MR) is 58.3 cm³/mol. The molecule has 0 heterocycles. The molecule has 0 saturated carbocycles. The highest BCUT2D eigenvalue weighted by Gasteiger charge is 2.19. The Hall–Kier alpha value is -1.58. The van der Waals surface area contributed by atoms with Gasteiger partial charge in [0, 0.05) is 0 Å². The van der Waals surface area contributed by atoms with Crippen molar-refractivity contribution in [2.24, 2.45) is 5.92 Å². The zero-order chi connectivity index (χ0) is 12.3. The van der Waals surface area contributed by atoms with Crippen LogP contribution in [0, 0.1) is 11.7 Å². The summed E-state index contributed by atoms with van der Waals surface area (Å²) in [7, 11) is 0. The molecule has 16 heavy (non-hydrogen) atoms. The number of hydrogen-bond donors (Lipinski definition) is 1. The van der Waals surface area contributed by atoms with E-state index in [1.807, 2.05) is 20.8 Å². The molecule has 1 aromatic rings. The number of carboxylic acids is 1. The number of carboxylic acid groups (broad SMARTS) is 1. The summed E-state index contributed by atoms with van der Waals surface area (Å²) in [6.07, 6.45) is -0.167. The minimum absolute atomic E-state index is 0.0775. The zero-order valence-electron chi connectivity index (χ0n) is 9.53. The van der Waals surface area contributed by atoms with E-state index in [-0.39, 0.29) is 17.8 Å². The minimum Gasteiger partial charge on any atom is -0.489 e. The first-order chi connectivity index (χ1) is 7.43. The first-order valence-electron chi connectivity index (χ1n) is 5.12. The van der Waals surface area contributed by atoms with Crippen LogP contribution in [0.5, 0.6) is 5.75 Å². The molecule has 1 atom stereocenters. The van der Waals surface area contributed by atoms with Crippen molar-refractivity contribution in [2.45, 2.75) is 26.9 Å². The van der Waals surface area contributed by atoms with E-state index in [1.54, 1.807) is 0 Å². The van der Waals surface area contributed by atoms with Crippen LogP contribution in [-0.2, 0) is 0 Å². The summed E-state index contributed by atoms with van der Waals surface area (Å²) >= 11 is 0. The summed E-state index contributed by atoms with van der Waals surface area (Å²) in [6.45, 7) is 5.72. The normalized spacial score (nSPS) is 12.6. The summed E-state index contributed by atoms with van der Waals surface area (Å²) in [6, 6.07) is 4.01. The Morgan fingerprint density at radius 3 is 2.50 bits per heavy atom. The molecule has 1 aromatic carbocycles. The quantitative estimate of drug-likeness (QED) is 0.858. The molecule has 0 aliphatic heterocycles. The fourth-order valence-electron chi connectivity index (χ4n) is 1.15. The van der Waals surface area contributed by atoms with E-state index in [0.29, 0.717) is 0 Å². The standard InChI is InChI=1S/C12H15FO3/c1-7(2)8(3)16-10-6-4-5-9(13)11(10)12(14)15/h4-8H,1-3H3,(H,14,15). The number of aromatic carboxylic acids is 1. The van der Waals surface area contributed by atoms with Gasteiger partial charge in [-0.2, -0.15) is 0 Å². The van der Waals surface area contributed by atoms with Crippen LogP contribution >= 0.6 is 0 Å². The fourth-order valence-corrected chi connectivity index (χ4v) is 1.15. The molecule has 1 rings (SSSR count). The highest BCUT2D eigenvalue weighted by molar-refractivity contribution is 5.91. The Morgan fingerprint density at radius 2 is 2.00 bits per heavy atom. The molecule has 4 heteroatoms. The molecule has 88 valence electrons. The van der Waals surface area contributed by atoms with Crippen LogP contribution in [0.3, 0.4) is 0 Å². The third kappa shape index (κ3) is 2.72. The maximum absolute atomic E-state index is 13.3. The third-order valence-corrected chi connectivity index (χ3v) is 2.44. The topological polar surface area (TPSA) is 46.5 Å². The highest BCUT2D eigenvalue weighted by atomic mass is 19.1. The molecule has 0 aliphatic rings. The van der Waals surface area contributed by atoms with Gasteiger partial charge in [-0.1, -0.05) is 19.9 Å². The summed E-state index contributed by atoms with van der Waals surface area (Å²) in [4.78, 5) is 10.9. The lowest BCUT2D eigenvalue weighted by molar-refractivity contribution is 0.0681. The Bertz CT molecular complexity index is 388. The SMILES string of the molecule is CC(C)C(C)Oc1cccc(F)c1C(=O)O. The number of ether oxygens (including phenoxy) is 1. The van der Waals surface area contributed by atoms with Gasteiger partial charge in [0.25, 0.3) is 0 Å². The van der Waals surface area contributed by atoms with Gasteiger partial charge >= 0.3 is 5.97 Å². The van der Waals surface area contributed by atoms with E-state index >= 15 is 0 Å². The van der Waals surface area contributed by atoms with Crippen molar-refractivity contribution < 1.29 is 19.0 Å².